The van der Waals surface area contributed by atoms with Gasteiger partial charge in [0, 0.05) is 5.69 Å². The standard InChI is InChI=1S/C15H14BrClN2O2/c1-21-14-7-6-10(8-11(14)16)18-9-15(20)19-13-5-3-2-4-12(13)17/h2-8,18H,9H2,1H3,(H,19,20). The summed E-state index contributed by atoms with van der Waals surface area (Å²) in [6, 6.07) is 12.6. The van der Waals surface area contributed by atoms with E-state index in [1.54, 1.807) is 19.2 Å². The summed E-state index contributed by atoms with van der Waals surface area (Å²) in [6.45, 7) is 0.143. The van der Waals surface area contributed by atoms with Crippen molar-refractivity contribution < 1.29 is 9.53 Å². The molecule has 1 amide bonds. The average Bonchev–Trinajstić information content (AvgIpc) is 2.48. The molecule has 4 nitrogen and oxygen atoms in total. The molecule has 2 aromatic carbocycles. The molecule has 0 aliphatic carbocycles. The molecule has 0 aromatic heterocycles. The number of carbonyl (C=O) groups is 1. The molecule has 110 valence electrons. The van der Waals surface area contributed by atoms with E-state index in [9.17, 15) is 4.79 Å². The number of hydrogen-bond acceptors (Lipinski definition) is 3. The predicted octanol–water partition coefficient (Wildman–Crippen LogP) is 4.16. The Bertz CT molecular complexity index is 649. The van der Waals surface area contributed by atoms with Crippen molar-refractivity contribution >= 4 is 44.8 Å². The van der Waals surface area contributed by atoms with E-state index in [1.165, 1.54) is 0 Å². The molecule has 21 heavy (non-hydrogen) atoms. The molecule has 6 heteroatoms. The molecular formula is C15H14BrClN2O2. The highest BCUT2D eigenvalue weighted by molar-refractivity contribution is 9.10. The SMILES string of the molecule is COc1ccc(NCC(=O)Nc2ccccc2Cl)cc1Br. The smallest absolute Gasteiger partial charge is 0.243 e. The lowest BCUT2D eigenvalue weighted by molar-refractivity contribution is -0.114. The van der Waals surface area contributed by atoms with Gasteiger partial charge in [0.05, 0.1) is 28.8 Å². The first-order valence-electron chi connectivity index (χ1n) is 6.22. The lowest BCUT2D eigenvalue weighted by Gasteiger charge is -2.10. The number of carbonyl (C=O) groups excluding carboxylic acids is 1. The zero-order chi connectivity index (χ0) is 15.2. The number of amides is 1. The summed E-state index contributed by atoms with van der Waals surface area (Å²) in [4.78, 5) is 11.9. The first-order chi connectivity index (χ1) is 10.1. The maximum atomic E-state index is 11.9. The topological polar surface area (TPSA) is 50.4 Å². The minimum Gasteiger partial charge on any atom is -0.496 e. The molecule has 2 rings (SSSR count). The summed E-state index contributed by atoms with van der Waals surface area (Å²) in [6.07, 6.45) is 0. The van der Waals surface area contributed by atoms with E-state index in [2.05, 4.69) is 26.6 Å². The highest BCUT2D eigenvalue weighted by atomic mass is 79.9. The van der Waals surface area contributed by atoms with Crippen molar-refractivity contribution in [2.75, 3.05) is 24.3 Å². The third kappa shape index (κ3) is 4.37. The van der Waals surface area contributed by atoms with Crippen LogP contribution in [0.1, 0.15) is 0 Å². The fraction of sp³-hybridized carbons (Fsp3) is 0.133. The Kier molecular flexibility index (Phi) is 5.47. The van der Waals surface area contributed by atoms with Gasteiger partial charge in [-0.25, -0.2) is 0 Å². The van der Waals surface area contributed by atoms with E-state index in [-0.39, 0.29) is 12.5 Å². The number of para-hydroxylation sites is 1. The quantitative estimate of drug-likeness (QED) is 0.832. The van der Waals surface area contributed by atoms with Crippen LogP contribution in [0.4, 0.5) is 11.4 Å². The Morgan fingerprint density at radius 3 is 2.71 bits per heavy atom. The van der Waals surface area contributed by atoms with Gasteiger partial charge < -0.3 is 15.4 Å². The number of ether oxygens (including phenoxy) is 1. The summed E-state index contributed by atoms with van der Waals surface area (Å²) in [7, 11) is 1.60. The molecule has 0 spiro atoms. The van der Waals surface area contributed by atoms with Crippen LogP contribution in [-0.2, 0) is 4.79 Å². The molecular weight excluding hydrogens is 356 g/mol. The monoisotopic (exact) mass is 368 g/mol. The van der Waals surface area contributed by atoms with Crippen LogP contribution in [0.5, 0.6) is 5.75 Å². The van der Waals surface area contributed by atoms with Crippen LogP contribution in [0.15, 0.2) is 46.9 Å². The number of benzene rings is 2. The van der Waals surface area contributed by atoms with Gasteiger partial charge in [-0.05, 0) is 46.3 Å². The van der Waals surface area contributed by atoms with E-state index >= 15 is 0 Å². The molecule has 2 N–H and O–H groups in total. The van der Waals surface area contributed by atoms with Crippen LogP contribution in [0.25, 0.3) is 0 Å². The maximum Gasteiger partial charge on any atom is 0.243 e. The van der Waals surface area contributed by atoms with E-state index in [0.29, 0.717) is 10.7 Å². The molecule has 0 unspecified atom stereocenters. The van der Waals surface area contributed by atoms with Gasteiger partial charge in [-0.2, -0.15) is 0 Å². The van der Waals surface area contributed by atoms with Gasteiger partial charge in [0.2, 0.25) is 5.91 Å². The zero-order valence-electron chi connectivity index (χ0n) is 11.3. The average molecular weight is 370 g/mol. The van der Waals surface area contributed by atoms with Gasteiger partial charge >= 0.3 is 0 Å². The lowest BCUT2D eigenvalue weighted by atomic mass is 10.3. The Morgan fingerprint density at radius 1 is 1.29 bits per heavy atom. The maximum absolute atomic E-state index is 11.9. The number of nitrogens with one attached hydrogen (secondary N) is 2. The van der Waals surface area contributed by atoms with E-state index < -0.39 is 0 Å². The number of methoxy groups -OCH3 is 1. The van der Waals surface area contributed by atoms with Crippen LogP contribution in [0, 0.1) is 0 Å². The van der Waals surface area contributed by atoms with Gasteiger partial charge in [-0.1, -0.05) is 23.7 Å². The summed E-state index contributed by atoms with van der Waals surface area (Å²) in [5.41, 5.74) is 1.42. The molecule has 2 aromatic rings. The van der Waals surface area contributed by atoms with Crippen molar-refractivity contribution in [1.29, 1.82) is 0 Å². The second-order valence-corrected chi connectivity index (χ2v) is 5.49. The Labute approximate surface area is 136 Å². The Morgan fingerprint density at radius 2 is 2.05 bits per heavy atom. The molecule has 0 saturated carbocycles. The third-order valence-electron chi connectivity index (χ3n) is 2.75. The van der Waals surface area contributed by atoms with Gasteiger partial charge in [-0.3, -0.25) is 4.79 Å². The van der Waals surface area contributed by atoms with Crippen molar-refractivity contribution in [2.24, 2.45) is 0 Å². The van der Waals surface area contributed by atoms with E-state index in [4.69, 9.17) is 16.3 Å². The van der Waals surface area contributed by atoms with Gasteiger partial charge in [0.1, 0.15) is 5.75 Å². The van der Waals surface area contributed by atoms with Crippen LogP contribution in [-0.4, -0.2) is 19.6 Å². The summed E-state index contributed by atoms with van der Waals surface area (Å²) in [5, 5.41) is 6.30. The first kappa shape index (κ1) is 15.7. The minimum atomic E-state index is -0.171. The number of halogens is 2. The van der Waals surface area contributed by atoms with Crippen LogP contribution >= 0.6 is 27.5 Å². The van der Waals surface area contributed by atoms with Crippen molar-refractivity contribution in [3.8, 4) is 5.75 Å². The highest BCUT2D eigenvalue weighted by Gasteiger charge is 2.06. The largest absolute Gasteiger partial charge is 0.496 e. The van der Waals surface area contributed by atoms with Crippen LogP contribution in [0.3, 0.4) is 0 Å². The van der Waals surface area contributed by atoms with Crippen LogP contribution < -0.4 is 15.4 Å². The lowest BCUT2D eigenvalue weighted by Crippen LogP contribution is -2.21. The van der Waals surface area contributed by atoms with Gasteiger partial charge in [0.15, 0.2) is 0 Å². The Balaban J connectivity index is 1.92. The summed E-state index contributed by atoms with van der Waals surface area (Å²) >= 11 is 9.38. The molecule has 0 heterocycles. The molecule has 0 fully saturated rings. The van der Waals surface area contributed by atoms with Crippen molar-refractivity contribution in [2.45, 2.75) is 0 Å². The van der Waals surface area contributed by atoms with Gasteiger partial charge in [0.25, 0.3) is 0 Å². The molecule has 0 saturated heterocycles. The first-order valence-corrected chi connectivity index (χ1v) is 7.39. The predicted molar refractivity (Wildman–Crippen MR) is 89.3 cm³/mol. The molecule has 0 radical (unpaired) electrons. The second-order valence-electron chi connectivity index (χ2n) is 4.23. The number of rotatable bonds is 5. The molecule has 0 aliphatic heterocycles. The summed E-state index contributed by atoms with van der Waals surface area (Å²) < 4.78 is 5.97. The molecule has 0 atom stereocenters. The van der Waals surface area contributed by atoms with Gasteiger partial charge in [-0.15, -0.1) is 0 Å². The van der Waals surface area contributed by atoms with E-state index in [0.717, 1.165) is 15.9 Å². The second kappa shape index (κ2) is 7.33. The highest BCUT2D eigenvalue weighted by Crippen LogP contribution is 2.27. The fourth-order valence-corrected chi connectivity index (χ4v) is 2.44. The molecule has 0 bridgehead atoms. The summed E-state index contributed by atoms with van der Waals surface area (Å²) in [5.74, 6) is 0.566. The number of hydrogen-bond donors (Lipinski definition) is 2. The van der Waals surface area contributed by atoms with Crippen LogP contribution in [0.2, 0.25) is 5.02 Å². The minimum absolute atomic E-state index is 0.143. The third-order valence-corrected chi connectivity index (χ3v) is 3.70. The number of anilines is 2. The molecule has 0 aliphatic rings. The normalized spacial score (nSPS) is 10.0. The van der Waals surface area contributed by atoms with Crippen molar-refractivity contribution in [3.63, 3.8) is 0 Å². The fourth-order valence-electron chi connectivity index (χ4n) is 1.72. The van der Waals surface area contributed by atoms with E-state index in [1.807, 2.05) is 30.3 Å². The zero-order valence-corrected chi connectivity index (χ0v) is 13.7. The van der Waals surface area contributed by atoms with Crippen molar-refractivity contribution in [3.05, 3.63) is 52.0 Å². The van der Waals surface area contributed by atoms with Crippen molar-refractivity contribution in [1.82, 2.24) is 0 Å². The Hall–Kier alpha value is -1.72.